The molecule has 2 aromatic rings. The maximum Gasteiger partial charge on any atom is 0.225 e. The minimum atomic E-state index is 0.420. The van der Waals surface area contributed by atoms with E-state index in [2.05, 4.69) is 51.3 Å². The predicted octanol–water partition coefficient (Wildman–Crippen LogP) is 3.33. The third-order valence-corrected chi connectivity index (χ3v) is 5.17. The van der Waals surface area contributed by atoms with Crippen LogP contribution >= 0.6 is 11.3 Å². The Morgan fingerprint density at radius 1 is 1.29 bits per heavy atom. The number of hydrogen-bond donors (Lipinski definition) is 0. The second kappa shape index (κ2) is 6.54. The van der Waals surface area contributed by atoms with Crippen molar-refractivity contribution in [2.75, 3.05) is 25.0 Å². The van der Waals surface area contributed by atoms with Gasteiger partial charge >= 0.3 is 0 Å². The third-order valence-electron chi connectivity index (χ3n) is 4.13. The zero-order valence-electron chi connectivity index (χ0n) is 12.7. The summed E-state index contributed by atoms with van der Waals surface area (Å²) in [6.07, 6.45) is 6.45. The molecule has 1 fully saturated rings. The number of thiophene rings is 1. The highest BCUT2D eigenvalue weighted by atomic mass is 32.1. The zero-order chi connectivity index (χ0) is 14.7. The van der Waals surface area contributed by atoms with Gasteiger partial charge in [0.05, 0.1) is 0 Å². The van der Waals surface area contributed by atoms with Gasteiger partial charge in [-0.1, -0.05) is 6.07 Å². The van der Waals surface area contributed by atoms with E-state index in [1.165, 1.54) is 23.3 Å². The van der Waals surface area contributed by atoms with Crippen molar-refractivity contribution < 1.29 is 0 Å². The number of anilines is 1. The van der Waals surface area contributed by atoms with Crippen molar-refractivity contribution in [2.24, 2.45) is 0 Å². The minimum absolute atomic E-state index is 0.420. The lowest BCUT2D eigenvalue weighted by atomic mass is 10.2. The average molecular weight is 302 g/mol. The first-order valence-corrected chi connectivity index (χ1v) is 8.41. The number of nitrogens with zero attached hydrogens (tertiary/aromatic N) is 4. The Hall–Kier alpha value is -1.46. The summed E-state index contributed by atoms with van der Waals surface area (Å²) in [4.78, 5) is 15.0. The van der Waals surface area contributed by atoms with Gasteiger partial charge in [-0.3, -0.25) is 4.90 Å². The number of rotatable bonds is 5. The van der Waals surface area contributed by atoms with Crippen LogP contribution in [0.2, 0.25) is 0 Å². The molecule has 4 nitrogen and oxygen atoms in total. The molecule has 0 bridgehead atoms. The molecule has 2 aromatic heterocycles. The fraction of sp³-hybridized carbons (Fsp3) is 0.500. The van der Waals surface area contributed by atoms with Gasteiger partial charge in [-0.25, -0.2) is 9.97 Å². The molecule has 0 spiro atoms. The third kappa shape index (κ3) is 3.41. The van der Waals surface area contributed by atoms with Gasteiger partial charge < -0.3 is 4.90 Å². The Bertz CT molecular complexity index is 546. The van der Waals surface area contributed by atoms with E-state index < -0.39 is 0 Å². The number of aromatic nitrogens is 2. The summed E-state index contributed by atoms with van der Waals surface area (Å²) in [5.41, 5.74) is 1.17. The van der Waals surface area contributed by atoms with Crippen LogP contribution in [-0.4, -0.2) is 35.0 Å². The van der Waals surface area contributed by atoms with E-state index in [-0.39, 0.29) is 0 Å². The van der Waals surface area contributed by atoms with Crippen LogP contribution in [0.4, 0.5) is 5.95 Å². The second-order valence-corrected chi connectivity index (χ2v) is 6.67. The Labute approximate surface area is 130 Å². The van der Waals surface area contributed by atoms with Crippen LogP contribution in [0.1, 0.15) is 36.2 Å². The lowest BCUT2D eigenvalue weighted by Gasteiger charge is -2.23. The molecule has 3 rings (SSSR count). The first-order chi connectivity index (χ1) is 10.2. The van der Waals surface area contributed by atoms with E-state index in [9.17, 15) is 0 Å². The molecular weight excluding hydrogens is 280 g/mol. The van der Waals surface area contributed by atoms with Gasteiger partial charge in [-0.05, 0) is 38.3 Å². The fourth-order valence-corrected chi connectivity index (χ4v) is 3.53. The molecule has 3 heterocycles. The van der Waals surface area contributed by atoms with Gasteiger partial charge in [-0.15, -0.1) is 11.3 Å². The molecule has 0 aromatic carbocycles. The Morgan fingerprint density at radius 2 is 2.00 bits per heavy atom. The lowest BCUT2D eigenvalue weighted by molar-refractivity contribution is 0.256. The van der Waals surface area contributed by atoms with Gasteiger partial charge in [0.15, 0.2) is 0 Å². The molecular formula is C16H22N4S. The molecule has 0 radical (unpaired) electrons. The topological polar surface area (TPSA) is 32.3 Å². The van der Waals surface area contributed by atoms with Gasteiger partial charge in [0.25, 0.3) is 0 Å². The van der Waals surface area contributed by atoms with Crippen molar-refractivity contribution in [1.82, 2.24) is 14.9 Å². The summed E-state index contributed by atoms with van der Waals surface area (Å²) in [6, 6.07) is 4.72. The quantitative estimate of drug-likeness (QED) is 0.848. The van der Waals surface area contributed by atoms with Crippen LogP contribution in [0.25, 0.3) is 0 Å². The second-order valence-electron chi connectivity index (χ2n) is 5.69. The van der Waals surface area contributed by atoms with Crippen LogP contribution < -0.4 is 4.90 Å². The molecule has 112 valence electrons. The van der Waals surface area contributed by atoms with E-state index in [1.54, 1.807) is 0 Å². The molecule has 1 atom stereocenters. The molecule has 0 saturated carbocycles. The summed E-state index contributed by atoms with van der Waals surface area (Å²) in [7, 11) is 2.15. The maximum atomic E-state index is 4.53. The summed E-state index contributed by atoms with van der Waals surface area (Å²) in [5, 5.41) is 2.13. The largest absolute Gasteiger partial charge is 0.341 e. The lowest BCUT2D eigenvalue weighted by Crippen LogP contribution is -2.23. The summed E-state index contributed by atoms with van der Waals surface area (Å²) >= 11 is 1.81. The van der Waals surface area contributed by atoms with E-state index in [0.29, 0.717) is 6.04 Å². The summed E-state index contributed by atoms with van der Waals surface area (Å²) in [6.45, 7) is 5.30. The van der Waals surface area contributed by atoms with Crippen LogP contribution in [0.3, 0.4) is 0 Å². The van der Waals surface area contributed by atoms with Crippen molar-refractivity contribution in [3.05, 3.63) is 40.3 Å². The highest BCUT2D eigenvalue weighted by Gasteiger charge is 2.16. The van der Waals surface area contributed by atoms with Crippen molar-refractivity contribution in [3.63, 3.8) is 0 Å². The van der Waals surface area contributed by atoms with Crippen LogP contribution in [0, 0.1) is 0 Å². The van der Waals surface area contributed by atoms with Gasteiger partial charge in [0, 0.05) is 48.5 Å². The molecule has 0 amide bonds. The molecule has 1 aliphatic rings. The average Bonchev–Trinajstić information content (AvgIpc) is 3.20. The Balaban J connectivity index is 1.62. The first-order valence-electron chi connectivity index (χ1n) is 7.53. The molecule has 1 saturated heterocycles. The van der Waals surface area contributed by atoms with E-state index in [4.69, 9.17) is 0 Å². The van der Waals surface area contributed by atoms with Gasteiger partial charge in [0.1, 0.15) is 0 Å². The molecule has 5 heteroatoms. The molecule has 1 aliphatic heterocycles. The van der Waals surface area contributed by atoms with Crippen molar-refractivity contribution in [1.29, 1.82) is 0 Å². The Morgan fingerprint density at radius 3 is 2.62 bits per heavy atom. The van der Waals surface area contributed by atoms with Crippen molar-refractivity contribution >= 4 is 17.3 Å². The highest BCUT2D eigenvalue weighted by Crippen LogP contribution is 2.24. The van der Waals surface area contributed by atoms with E-state index >= 15 is 0 Å². The molecule has 0 aliphatic carbocycles. The minimum Gasteiger partial charge on any atom is -0.341 e. The Kier molecular flexibility index (Phi) is 4.51. The predicted molar refractivity (Wildman–Crippen MR) is 87.7 cm³/mol. The molecule has 1 unspecified atom stereocenters. The smallest absolute Gasteiger partial charge is 0.225 e. The van der Waals surface area contributed by atoms with Crippen molar-refractivity contribution in [2.45, 2.75) is 32.4 Å². The fourth-order valence-electron chi connectivity index (χ4n) is 2.68. The highest BCUT2D eigenvalue weighted by molar-refractivity contribution is 7.10. The standard InChI is InChI=1S/C16H22N4S/c1-13(15-6-5-9-21-15)19(2)12-14-10-17-16(18-11-14)20-7-3-4-8-20/h5-6,9-11,13H,3-4,7-8,12H2,1-2H3. The van der Waals surface area contributed by atoms with Crippen LogP contribution in [-0.2, 0) is 6.54 Å². The zero-order valence-corrected chi connectivity index (χ0v) is 13.5. The maximum absolute atomic E-state index is 4.53. The SMILES string of the molecule is CC(c1cccs1)N(C)Cc1cnc(N2CCCC2)nc1. The normalized spacial score (nSPS) is 16.6. The molecule has 21 heavy (non-hydrogen) atoms. The van der Waals surface area contributed by atoms with Gasteiger partial charge in [-0.2, -0.15) is 0 Å². The number of hydrogen-bond acceptors (Lipinski definition) is 5. The van der Waals surface area contributed by atoms with Gasteiger partial charge in [0.2, 0.25) is 5.95 Å². The van der Waals surface area contributed by atoms with Crippen LogP contribution in [0.5, 0.6) is 0 Å². The summed E-state index contributed by atoms with van der Waals surface area (Å²) < 4.78 is 0. The first kappa shape index (κ1) is 14.5. The summed E-state index contributed by atoms with van der Waals surface area (Å²) in [5.74, 6) is 0.880. The van der Waals surface area contributed by atoms with E-state index in [1.807, 2.05) is 23.7 Å². The van der Waals surface area contributed by atoms with Crippen LogP contribution in [0.15, 0.2) is 29.9 Å². The monoisotopic (exact) mass is 302 g/mol. The van der Waals surface area contributed by atoms with Crippen molar-refractivity contribution in [3.8, 4) is 0 Å². The van der Waals surface area contributed by atoms with E-state index in [0.717, 1.165) is 25.6 Å². The molecule has 0 N–H and O–H groups in total.